The molecule has 0 unspecified atom stereocenters. The maximum absolute atomic E-state index is 12.6. The molecule has 3 aromatic rings. The summed E-state index contributed by atoms with van der Waals surface area (Å²) in [7, 11) is 0. The lowest BCUT2D eigenvalue weighted by atomic mass is 10.1. The first-order valence-electron chi connectivity index (χ1n) is 7.37. The van der Waals surface area contributed by atoms with Crippen molar-refractivity contribution in [2.24, 2.45) is 0 Å². The first-order chi connectivity index (χ1) is 11.2. The van der Waals surface area contributed by atoms with Crippen LogP contribution in [-0.2, 0) is 4.74 Å². The Bertz CT molecular complexity index is 928. The Kier molecular flexibility index (Phi) is 4.04. The number of nitrogen functional groups attached to an aromatic ring is 1. The van der Waals surface area contributed by atoms with Crippen molar-refractivity contribution in [2.45, 2.75) is 26.4 Å². The summed E-state index contributed by atoms with van der Waals surface area (Å²) in [5.74, 6) is 0.374. The highest BCUT2D eigenvalue weighted by molar-refractivity contribution is 9.10. The molecule has 0 radical (unpaired) electrons. The number of ether oxygens (including phenoxy) is 1. The number of esters is 1. The number of hydrogen-bond donors (Lipinski definition) is 1. The van der Waals surface area contributed by atoms with Gasteiger partial charge in [0, 0.05) is 22.3 Å². The third-order valence-corrected chi connectivity index (χ3v) is 3.79. The number of carbonyl (C=O) groups is 1. The molecule has 0 saturated heterocycles. The van der Waals surface area contributed by atoms with E-state index in [0.29, 0.717) is 11.4 Å². The fraction of sp³-hybridized carbons (Fsp3) is 0.235. The van der Waals surface area contributed by atoms with E-state index in [1.54, 1.807) is 23.0 Å². The first-order valence-corrected chi connectivity index (χ1v) is 8.17. The Balaban J connectivity index is 2.20. The fourth-order valence-electron chi connectivity index (χ4n) is 2.38. The molecule has 2 N–H and O–H groups in total. The van der Waals surface area contributed by atoms with Crippen LogP contribution in [0.5, 0.6) is 0 Å². The van der Waals surface area contributed by atoms with Crippen LogP contribution in [0.3, 0.4) is 0 Å². The van der Waals surface area contributed by atoms with Crippen molar-refractivity contribution in [2.75, 3.05) is 5.73 Å². The third kappa shape index (κ3) is 3.26. The van der Waals surface area contributed by atoms with Crippen LogP contribution < -0.4 is 5.73 Å². The number of hydrogen-bond acceptors (Lipinski definition) is 5. The number of halogens is 1. The molecular formula is C17H17BrN4O2. The minimum atomic E-state index is -0.569. The molecule has 0 atom stereocenters. The molecule has 6 nitrogen and oxygen atoms in total. The number of rotatable bonds is 2. The van der Waals surface area contributed by atoms with Gasteiger partial charge in [-0.05, 0) is 39.0 Å². The van der Waals surface area contributed by atoms with Gasteiger partial charge in [0.05, 0.1) is 11.1 Å². The van der Waals surface area contributed by atoms with Gasteiger partial charge in [0.1, 0.15) is 11.4 Å². The fourth-order valence-corrected chi connectivity index (χ4v) is 2.73. The number of fused-ring (bicyclic) bond motifs is 1. The molecule has 0 aliphatic heterocycles. The molecule has 24 heavy (non-hydrogen) atoms. The zero-order chi connectivity index (χ0) is 17.5. The molecular weight excluding hydrogens is 372 g/mol. The number of benzene rings is 1. The van der Waals surface area contributed by atoms with E-state index in [1.807, 2.05) is 39.0 Å². The van der Waals surface area contributed by atoms with E-state index in [1.165, 1.54) is 0 Å². The standard InChI is InChI=1S/C17H17BrN4O2/c1-17(2,3)24-15(23)12-9-22(14-6-7-20-16(19)21-14)13-8-10(18)4-5-11(12)13/h4-9H,1-3H3,(H2,19,20,21). The van der Waals surface area contributed by atoms with Crippen LogP contribution in [0.25, 0.3) is 16.7 Å². The number of carbonyl (C=O) groups excluding carboxylic acids is 1. The lowest BCUT2D eigenvalue weighted by molar-refractivity contribution is 0.00718. The van der Waals surface area contributed by atoms with E-state index in [0.717, 1.165) is 15.4 Å². The van der Waals surface area contributed by atoms with Crippen molar-refractivity contribution in [1.29, 1.82) is 0 Å². The largest absolute Gasteiger partial charge is 0.456 e. The van der Waals surface area contributed by atoms with Gasteiger partial charge in [0.25, 0.3) is 0 Å². The van der Waals surface area contributed by atoms with Gasteiger partial charge in [-0.15, -0.1) is 0 Å². The molecule has 1 aromatic carbocycles. The molecule has 0 spiro atoms. The molecule has 3 rings (SSSR count). The number of nitrogens with zero attached hydrogens (tertiary/aromatic N) is 3. The zero-order valence-corrected chi connectivity index (χ0v) is 15.2. The zero-order valence-electron chi connectivity index (χ0n) is 13.6. The highest BCUT2D eigenvalue weighted by Gasteiger charge is 2.22. The van der Waals surface area contributed by atoms with E-state index in [9.17, 15) is 4.79 Å². The predicted octanol–water partition coefficient (Wildman–Crippen LogP) is 3.72. The molecule has 0 bridgehead atoms. The van der Waals surface area contributed by atoms with E-state index >= 15 is 0 Å². The second-order valence-corrected chi connectivity index (χ2v) is 7.26. The SMILES string of the molecule is CC(C)(C)OC(=O)c1cn(-c2ccnc(N)n2)c2cc(Br)ccc12. The minimum absolute atomic E-state index is 0.170. The Morgan fingerprint density at radius 2 is 2.04 bits per heavy atom. The van der Waals surface area contributed by atoms with Gasteiger partial charge in [-0.2, -0.15) is 4.98 Å². The highest BCUT2D eigenvalue weighted by atomic mass is 79.9. The summed E-state index contributed by atoms with van der Waals surface area (Å²) in [5, 5.41) is 0.782. The van der Waals surface area contributed by atoms with Gasteiger partial charge in [0.15, 0.2) is 0 Å². The number of nitrogens with two attached hydrogens (primary N) is 1. The highest BCUT2D eigenvalue weighted by Crippen LogP contribution is 2.28. The molecule has 0 fully saturated rings. The van der Waals surface area contributed by atoms with Crippen LogP contribution in [0.4, 0.5) is 5.95 Å². The molecule has 0 saturated carbocycles. The summed E-state index contributed by atoms with van der Waals surface area (Å²) in [5.41, 5.74) is 6.41. The summed E-state index contributed by atoms with van der Waals surface area (Å²) in [4.78, 5) is 20.7. The van der Waals surface area contributed by atoms with Crippen molar-refractivity contribution in [1.82, 2.24) is 14.5 Å². The molecule has 124 valence electrons. The molecule has 7 heteroatoms. The summed E-state index contributed by atoms with van der Waals surface area (Å²) < 4.78 is 8.21. The van der Waals surface area contributed by atoms with Gasteiger partial charge in [-0.25, -0.2) is 9.78 Å². The van der Waals surface area contributed by atoms with E-state index < -0.39 is 5.60 Å². The van der Waals surface area contributed by atoms with Crippen LogP contribution in [0.2, 0.25) is 0 Å². The molecule has 0 amide bonds. The van der Waals surface area contributed by atoms with Gasteiger partial charge in [-0.1, -0.05) is 22.0 Å². The summed E-state index contributed by atoms with van der Waals surface area (Å²) in [6, 6.07) is 7.41. The molecule has 0 aliphatic carbocycles. The number of aromatic nitrogens is 3. The molecule has 2 heterocycles. The Morgan fingerprint density at radius 3 is 2.71 bits per heavy atom. The summed E-state index contributed by atoms with van der Waals surface area (Å²) in [6.07, 6.45) is 3.29. The van der Waals surface area contributed by atoms with Crippen LogP contribution >= 0.6 is 15.9 Å². The molecule has 2 aromatic heterocycles. The minimum Gasteiger partial charge on any atom is -0.456 e. The van der Waals surface area contributed by atoms with E-state index in [2.05, 4.69) is 25.9 Å². The second kappa shape index (κ2) is 5.90. The third-order valence-electron chi connectivity index (χ3n) is 3.29. The maximum atomic E-state index is 12.6. The Labute approximate surface area is 147 Å². The average molecular weight is 389 g/mol. The van der Waals surface area contributed by atoms with Crippen molar-refractivity contribution in [3.8, 4) is 5.82 Å². The smallest absolute Gasteiger partial charge is 0.340 e. The summed E-state index contributed by atoms with van der Waals surface area (Å²) in [6.45, 7) is 5.52. The quantitative estimate of drug-likeness (QED) is 0.676. The monoisotopic (exact) mass is 388 g/mol. The van der Waals surface area contributed by atoms with Gasteiger partial charge < -0.3 is 15.0 Å². The van der Waals surface area contributed by atoms with E-state index in [-0.39, 0.29) is 11.9 Å². The predicted molar refractivity (Wildman–Crippen MR) is 96.1 cm³/mol. The Morgan fingerprint density at radius 1 is 1.29 bits per heavy atom. The van der Waals surface area contributed by atoms with Crippen LogP contribution in [0.1, 0.15) is 31.1 Å². The maximum Gasteiger partial charge on any atom is 0.340 e. The van der Waals surface area contributed by atoms with Gasteiger partial charge in [-0.3, -0.25) is 0 Å². The normalized spacial score (nSPS) is 11.7. The van der Waals surface area contributed by atoms with Crippen LogP contribution in [0, 0.1) is 0 Å². The van der Waals surface area contributed by atoms with Crippen molar-refractivity contribution in [3.63, 3.8) is 0 Å². The van der Waals surface area contributed by atoms with Gasteiger partial charge >= 0.3 is 5.97 Å². The lowest BCUT2D eigenvalue weighted by Crippen LogP contribution is -2.23. The molecule has 0 aliphatic rings. The average Bonchev–Trinajstić information content (AvgIpc) is 2.84. The van der Waals surface area contributed by atoms with Crippen LogP contribution in [-0.4, -0.2) is 26.1 Å². The number of anilines is 1. The topological polar surface area (TPSA) is 83.0 Å². The summed E-state index contributed by atoms with van der Waals surface area (Å²) >= 11 is 3.46. The first kappa shape index (κ1) is 16.4. The van der Waals surface area contributed by atoms with E-state index in [4.69, 9.17) is 10.5 Å². The lowest BCUT2D eigenvalue weighted by Gasteiger charge is -2.19. The van der Waals surface area contributed by atoms with Crippen molar-refractivity contribution < 1.29 is 9.53 Å². The van der Waals surface area contributed by atoms with Crippen LogP contribution in [0.15, 0.2) is 41.1 Å². The van der Waals surface area contributed by atoms with Crippen molar-refractivity contribution >= 4 is 38.8 Å². The second-order valence-electron chi connectivity index (χ2n) is 6.35. The van der Waals surface area contributed by atoms with Crippen molar-refractivity contribution in [3.05, 3.63) is 46.7 Å². The van der Waals surface area contributed by atoms with Gasteiger partial charge in [0.2, 0.25) is 5.95 Å². The Hall–Kier alpha value is -2.41.